The van der Waals surface area contributed by atoms with E-state index in [4.69, 9.17) is 4.74 Å². The molecule has 2 unspecified atom stereocenters. The van der Waals surface area contributed by atoms with Gasteiger partial charge in [0.25, 0.3) is 0 Å². The Balaban J connectivity index is 0.804. The van der Waals surface area contributed by atoms with Crippen LogP contribution < -0.4 is 21.3 Å². The Bertz CT molecular complexity index is 2010. The van der Waals surface area contributed by atoms with E-state index in [1.807, 2.05) is 92.0 Å². The molecule has 2 aliphatic heterocycles. The first-order chi connectivity index (χ1) is 29.5. The highest BCUT2D eigenvalue weighted by Gasteiger charge is 2.37. The normalized spacial score (nSPS) is 19.0. The molecule has 2 saturated heterocycles. The lowest BCUT2D eigenvalue weighted by Gasteiger charge is -2.36. The van der Waals surface area contributed by atoms with Crippen LogP contribution in [0, 0.1) is 11.8 Å². The number of benzene rings is 3. The van der Waals surface area contributed by atoms with E-state index in [2.05, 4.69) is 33.1 Å². The van der Waals surface area contributed by atoms with Gasteiger partial charge in [0.05, 0.1) is 23.9 Å². The molecule has 0 radical (unpaired) electrons. The van der Waals surface area contributed by atoms with Gasteiger partial charge in [-0.05, 0) is 74.3 Å². The number of anilines is 1. The quantitative estimate of drug-likeness (QED) is 0.0827. The molecule has 61 heavy (non-hydrogen) atoms. The number of unbranched alkanes of at least 4 members (excludes halogenated alkanes) is 1. The smallest absolute Gasteiger partial charge is 0.411 e. The third-order valence-corrected chi connectivity index (χ3v) is 11.9. The summed E-state index contributed by atoms with van der Waals surface area (Å²) in [5.41, 5.74) is 5.19. The van der Waals surface area contributed by atoms with Crippen LogP contribution in [0.25, 0.3) is 11.1 Å². The number of ether oxygens (including phenoxy) is 1. The summed E-state index contributed by atoms with van der Waals surface area (Å²) in [6.45, 7) is 5.77. The Hall–Kier alpha value is -5.50. The Kier molecular flexibility index (Phi) is 16.5. The average molecular weight is 835 g/mol. The topological polar surface area (TPSA) is 173 Å². The number of amides is 4. The number of para-hydroxylation sites is 1. The molecule has 13 heteroatoms. The second kappa shape index (κ2) is 22.4. The molecule has 4 amide bonds. The van der Waals surface area contributed by atoms with Crippen molar-refractivity contribution in [2.45, 2.75) is 83.0 Å². The summed E-state index contributed by atoms with van der Waals surface area (Å²) >= 11 is 0. The van der Waals surface area contributed by atoms with Gasteiger partial charge in [-0.25, -0.2) is 4.79 Å². The molecule has 0 bridgehead atoms. The maximum Gasteiger partial charge on any atom is 0.411 e. The van der Waals surface area contributed by atoms with Crippen molar-refractivity contribution < 1.29 is 34.1 Å². The lowest BCUT2D eigenvalue weighted by atomic mass is 9.77. The SMILES string of the molecule is C[C@H](Cc1cccc(CC(=O)NCCCCN(C)C(=O)CCN2CCC(OC(=O)Nc3ccccc3-c3ccccc3)CC2)c1)NC[C@H](O)C1C=CC(O)=C2NC(=O)CCC21. The maximum atomic E-state index is 12.9. The number of fused-ring (bicyclic) bond motifs is 1. The van der Waals surface area contributed by atoms with Gasteiger partial charge in [0.15, 0.2) is 0 Å². The highest BCUT2D eigenvalue weighted by atomic mass is 16.6. The fourth-order valence-electron chi connectivity index (χ4n) is 8.47. The van der Waals surface area contributed by atoms with Crippen molar-refractivity contribution >= 4 is 29.5 Å². The number of piperidine rings is 2. The molecule has 0 aromatic heterocycles. The van der Waals surface area contributed by atoms with E-state index in [1.165, 1.54) is 0 Å². The minimum atomic E-state index is -0.682. The van der Waals surface area contributed by atoms with Crippen LogP contribution >= 0.6 is 0 Å². The molecule has 326 valence electrons. The molecular weight excluding hydrogens is 773 g/mol. The molecule has 3 aromatic carbocycles. The maximum absolute atomic E-state index is 12.9. The summed E-state index contributed by atoms with van der Waals surface area (Å²) in [5, 5.41) is 33.4. The molecule has 2 fully saturated rings. The number of carbonyl (C=O) groups is 4. The monoisotopic (exact) mass is 834 g/mol. The molecule has 0 spiro atoms. The zero-order valence-electron chi connectivity index (χ0n) is 35.5. The third kappa shape index (κ3) is 13.5. The highest BCUT2D eigenvalue weighted by molar-refractivity contribution is 5.91. The minimum absolute atomic E-state index is 0.0436. The van der Waals surface area contributed by atoms with Crippen molar-refractivity contribution in [1.82, 2.24) is 25.8 Å². The molecule has 2 heterocycles. The zero-order valence-corrected chi connectivity index (χ0v) is 35.5. The van der Waals surface area contributed by atoms with E-state index in [9.17, 15) is 29.4 Å². The summed E-state index contributed by atoms with van der Waals surface area (Å²) in [5.74, 6) is -0.335. The lowest BCUT2D eigenvalue weighted by molar-refractivity contribution is -0.130. The second-order valence-corrected chi connectivity index (χ2v) is 16.6. The molecular formula is C48H62N6O7. The molecule has 1 aliphatic carbocycles. The highest BCUT2D eigenvalue weighted by Crippen LogP contribution is 2.36. The summed E-state index contributed by atoms with van der Waals surface area (Å²) in [6, 6.07) is 25.7. The Morgan fingerprint density at radius 2 is 1.72 bits per heavy atom. The number of rotatable bonds is 19. The van der Waals surface area contributed by atoms with Crippen LogP contribution in [-0.4, -0.2) is 108 Å². The van der Waals surface area contributed by atoms with Gasteiger partial charge >= 0.3 is 6.09 Å². The number of carbonyl (C=O) groups excluding carboxylic acids is 4. The van der Waals surface area contributed by atoms with Crippen molar-refractivity contribution in [3.8, 4) is 11.1 Å². The van der Waals surface area contributed by atoms with Gasteiger partial charge in [0, 0.05) is 82.6 Å². The van der Waals surface area contributed by atoms with Crippen molar-refractivity contribution in [2.75, 3.05) is 51.6 Å². The van der Waals surface area contributed by atoms with Crippen LogP contribution in [0.5, 0.6) is 0 Å². The van der Waals surface area contributed by atoms with Gasteiger partial charge in [0.2, 0.25) is 17.7 Å². The second-order valence-electron chi connectivity index (χ2n) is 16.6. The van der Waals surface area contributed by atoms with Crippen LogP contribution in [0.2, 0.25) is 0 Å². The third-order valence-electron chi connectivity index (χ3n) is 11.9. The number of aliphatic hydroxyl groups is 2. The van der Waals surface area contributed by atoms with Crippen molar-refractivity contribution in [1.29, 1.82) is 0 Å². The molecule has 3 aromatic rings. The van der Waals surface area contributed by atoms with Gasteiger partial charge in [-0.2, -0.15) is 0 Å². The van der Waals surface area contributed by atoms with Gasteiger partial charge in [0.1, 0.15) is 11.9 Å². The van der Waals surface area contributed by atoms with Crippen molar-refractivity contribution in [2.24, 2.45) is 11.8 Å². The molecule has 3 aliphatic rings. The van der Waals surface area contributed by atoms with E-state index in [-0.39, 0.29) is 53.9 Å². The molecule has 6 rings (SSSR count). The molecule has 0 saturated carbocycles. The Morgan fingerprint density at radius 1 is 0.967 bits per heavy atom. The van der Waals surface area contributed by atoms with Crippen LogP contribution in [0.3, 0.4) is 0 Å². The van der Waals surface area contributed by atoms with Crippen LogP contribution in [-0.2, 0) is 32.0 Å². The number of aliphatic hydroxyl groups excluding tert-OH is 2. The number of nitrogens with zero attached hydrogens (tertiary/aromatic N) is 2. The number of hydrogen-bond donors (Lipinski definition) is 6. The number of nitrogens with one attached hydrogen (secondary N) is 4. The van der Waals surface area contributed by atoms with Crippen LogP contribution in [0.4, 0.5) is 10.5 Å². The first-order valence-corrected chi connectivity index (χ1v) is 21.8. The van der Waals surface area contributed by atoms with E-state index >= 15 is 0 Å². The summed E-state index contributed by atoms with van der Waals surface area (Å²) in [6.07, 6.45) is 7.45. The number of hydrogen-bond acceptors (Lipinski definition) is 9. The first-order valence-electron chi connectivity index (χ1n) is 21.8. The van der Waals surface area contributed by atoms with E-state index < -0.39 is 12.2 Å². The lowest BCUT2D eigenvalue weighted by Crippen LogP contribution is -2.45. The largest absolute Gasteiger partial charge is 0.506 e. The predicted octanol–water partition coefficient (Wildman–Crippen LogP) is 5.72. The van der Waals surface area contributed by atoms with Gasteiger partial charge in [-0.3, -0.25) is 19.7 Å². The predicted molar refractivity (Wildman–Crippen MR) is 236 cm³/mol. The summed E-state index contributed by atoms with van der Waals surface area (Å²) in [4.78, 5) is 54.3. The van der Waals surface area contributed by atoms with Crippen LogP contribution in [0.15, 0.2) is 102 Å². The minimum Gasteiger partial charge on any atom is -0.506 e. The fraction of sp³-hybridized carbons (Fsp3) is 0.458. The van der Waals surface area contributed by atoms with Gasteiger partial charge in [-0.1, -0.05) is 78.9 Å². The fourth-order valence-corrected chi connectivity index (χ4v) is 8.47. The van der Waals surface area contributed by atoms with Crippen molar-refractivity contribution in [3.05, 3.63) is 114 Å². The van der Waals surface area contributed by atoms with Gasteiger partial charge < -0.3 is 40.7 Å². The number of likely N-dealkylation sites (tertiary alicyclic amines) is 1. The summed E-state index contributed by atoms with van der Waals surface area (Å²) in [7, 11) is 1.83. The van der Waals surface area contributed by atoms with E-state index in [0.717, 1.165) is 67.4 Å². The van der Waals surface area contributed by atoms with Crippen molar-refractivity contribution in [3.63, 3.8) is 0 Å². The first kappa shape index (κ1) is 45.0. The molecule has 13 nitrogen and oxygen atoms in total. The van der Waals surface area contributed by atoms with Gasteiger partial charge in [-0.15, -0.1) is 0 Å². The Labute approximate surface area is 359 Å². The van der Waals surface area contributed by atoms with Crippen LogP contribution in [0.1, 0.15) is 63.0 Å². The number of allylic oxidation sites excluding steroid dienone is 2. The van der Waals surface area contributed by atoms with E-state index in [1.54, 1.807) is 11.0 Å². The Morgan fingerprint density at radius 3 is 2.52 bits per heavy atom. The zero-order chi connectivity index (χ0) is 43.1. The summed E-state index contributed by atoms with van der Waals surface area (Å²) < 4.78 is 5.77. The average Bonchev–Trinajstić information content (AvgIpc) is 3.26. The standard InChI is InChI=1S/C48H62N6O7/c1-33(50-32-43(56)39-17-19-42(55)47-40(39)18-20-44(57)52-47)29-34-11-10-12-35(30-34)31-45(58)49-24-8-9-25-53(2)46(59)23-28-54-26-21-37(22-27-54)61-48(60)51-41-16-7-6-15-38(41)36-13-4-3-5-14-36/h3-7,10-17,19,30,33,37,39-40,43,50,55-56H,8-9,18,20-29,31-32H2,1-2H3,(H,49,58)(H,51,60)(H,52,57)/t33-,39?,40?,43+/m1/s1. The molecule has 6 N–H and O–H groups in total. The molecule has 4 atom stereocenters. The van der Waals surface area contributed by atoms with E-state index in [0.29, 0.717) is 56.8 Å².